The van der Waals surface area contributed by atoms with Crippen LogP contribution in [0.1, 0.15) is 119 Å². The van der Waals surface area contributed by atoms with E-state index in [1.165, 1.54) is 11.1 Å². The van der Waals surface area contributed by atoms with Gasteiger partial charge in [0.1, 0.15) is 23.5 Å². The van der Waals surface area contributed by atoms with E-state index in [9.17, 15) is 19.2 Å². The Labute approximate surface area is 371 Å². The minimum Gasteiger partial charge on any atom is -0.462 e. The first-order chi connectivity index (χ1) is 30.6. The van der Waals surface area contributed by atoms with Gasteiger partial charge in [-0.3, -0.25) is 19.2 Å². The third-order valence-corrected chi connectivity index (χ3v) is 12.5. The minimum atomic E-state index is -0.361. The number of esters is 4. The molecule has 0 N–H and O–H groups in total. The first kappa shape index (κ1) is 45.2. The first-order valence-corrected chi connectivity index (χ1v) is 23.1. The van der Waals surface area contributed by atoms with E-state index in [0.29, 0.717) is 105 Å². The molecule has 2 aliphatic carbocycles. The number of hydrogen-bond acceptors (Lipinski definition) is 9. The highest BCUT2D eigenvalue weighted by Crippen LogP contribution is 2.39. The Kier molecular flexibility index (Phi) is 15.8. The predicted molar refractivity (Wildman–Crippen MR) is 244 cm³/mol. The molecule has 0 amide bonds. The van der Waals surface area contributed by atoms with Gasteiger partial charge in [-0.05, 0) is 130 Å². The highest BCUT2D eigenvalue weighted by atomic mass is 16.6. The van der Waals surface area contributed by atoms with Crippen molar-refractivity contribution in [3.63, 3.8) is 0 Å². The molecule has 0 unspecified atom stereocenters. The van der Waals surface area contributed by atoms with Gasteiger partial charge in [0.25, 0.3) is 0 Å². The van der Waals surface area contributed by atoms with Crippen molar-refractivity contribution in [2.45, 2.75) is 136 Å². The van der Waals surface area contributed by atoms with Crippen LogP contribution in [0.2, 0.25) is 0 Å². The van der Waals surface area contributed by atoms with Gasteiger partial charge in [-0.1, -0.05) is 106 Å². The lowest BCUT2D eigenvalue weighted by atomic mass is 9.87. The Hall–Kier alpha value is -5.83. The summed E-state index contributed by atoms with van der Waals surface area (Å²) in [6.45, 7) is 6.26. The molecule has 0 saturated heterocycles. The third kappa shape index (κ3) is 12.4. The predicted octanol–water partition coefficient (Wildman–Crippen LogP) is 11.4. The highest BCUT2D eigenvalue weighted by molar-refractivity contribution is 5.97. The Bertz CT molecular complexity index is 2320. The summed E-state index contributed by atoms with van der Waals surface area (Å²) >= 11 is 0. The van der Waals surface area contributed by atoms with Crippen molar-refractivity contribution in [3.8, 4) is 22.8 Å². The average Bonchev–Trinajstić information content (AvgIpc) is 3.30. The van der Waals surface area contributed by atoms with Gasteiger partial charge >= 0.3 is 23.9 Å². The number of rotatable bonds is 17. The van der Waals surface area contributed by atoms with E-state index in [1.807, 2.05) is 43.3 Å². The molecule has 2 aliphatic rings. The molecule has 0 atom stereocenters. The zero-order chi connectivity index (χ0) is 44.1. The number of fused-ring (bicyclic) bond motifs is 1. The van der Waals surface area contributed by atoms with Crippen LogP contribution in [0.5, 0.6) is 11.5 Å². The van der Waals surface area contributed by atoms with Crippen molar-refractivity contribution >= 4 is 34.8 Å². The maximum atomic E-state index is 13.7. The van der Waals surface area contributed by atoms with Crippen molar-refractivity contribution in [3.05, 3.63) is 125 Å². The Morgan fingerprint density at radius 3 is 1.43 bits per heavy atom. The molecule has 1 heterocycles. The maximum absolute atomic E-state index is 13.7. The number of pyridine rings is 1. The van der Waals surface area contributed by atoms with Crippen LogP contribution >= 0.6 is 0 Å². The standard InChI is InChI=1S/C54H61NO8/c1-4-9-37-13-17-39(18-14-37)21-33-49(56)60-44-27-23-42(24-28-44)53(58)62-47-31-32-48(52-51(47)36(3)35-46(55-52)41-11-7-6-8-12-41)63-54(59)43-25-29-45(30-26-43)61-50(57)34-22-40-19-15-38(10-5-2)16-20-40/h6-8,11-20,31-32,35,42-45H,4-5,9-10,21-30,33-34H2,1-3H3/t42-,43-,44-,45-. The lowest BCUT2D eigenvalue weighted by Gasteiger charge is -2.27. The van der Waals surface area contributed by atoms with E-state index in [-0.39, 0.29) is 47.9 Å². The molecule has 0 spiro atoms. The van der Waals surface area contributed by atoms with Gasteiger partial charge < -0.3 is 18.9 Å². The zero-order valence-electron chi connectivity index (χ0n) is 37.1. The fourth-order valence-electron chi connectivity index (χ4n) is 8.92. The van der Waals surface area contributed by atoms with Gasteiger partial charge in [0.15, 0.2) is 5.75 Å². The number of hydrogen-bond donors (Lipinski definition) is 0. The van der Waals surface area contributed by atoms with E-state index >= 15 is 0 Å². The zero-order valence-corrected chi connectivity index (χ0v) is 37.1. The Morgan fingerprint density at radius 1 is 0.540 bits per heavy atom. The Balaban J connectivity index is 0.944. The second kappa shape index (κ2) is 22.0. The summed E-state index contributed by atoms with van der Waals surface area (Å²) in [4.78, 5) is 57.9. The van der Waals surface area contributed by atoms with Gasteiger partial charge in [-0.15, -0.1) is 0 Å². The number of carbonyl (C=O) groups is 4. The van der Waals surface area contributed by atoms with Gasteiger partial charge in [0, 0.05) is 23.8 Å². The molecular weight excluding hydrogens is 791 g/mol. The lowest BCUT2D eigenvalue weighted by molar-refractivity contribution is -0.153. The molecule has 1 aromatic heterocycles. The number of nitrogens with zero attached hydrogens (tertiary/aromatic N) is 1. The average molecular weight is 852 g/mol. The minimum absolute atomic E-state index is 0.215. The van der Waals surface area contributed by atoms with E-state index in [1.54, 1.807) is 12.1 Å². The maximum Gasteiger partial charge on any atom is 0.314 e. The van der Waals surface area contributed by atoms with Crippen LogP contribution < -0.4 is 9.47 Å². The van der Waals surface area contributed by atoms with Gasteiger partial charge in [-0.25, -0.2) is 4.98 Å². The molecule has 7 rings (SSSR count). The second-order valence-corrected chi connectivity index (χ2v) is 17.4. The number of ether oxygens (including phenoxy) is 4. The first-order valence-electron chi connectivity index (χ1n) is 23.1. The molecule has 4 aromatic carbocycles. The van der Waals surface area contributed by atoms with Crippen molar-refractivity contribution in [1.82, 2.24) is 4.98 Å². The molecule has 0 radical (unpaired) electrons. The smallest absolute Gasteiger partial charge is 0.314 e. The topological polar surface area (TPSA) is 118 Å². The van der Waals surface area contributed by atoms with Crippen LogP contribution in [0.25, 0.3) is 22.2 Å². The van der Waals surface area contributed by atoms with Crippen LogP contribution in [0, 0.1) is 18.8 Å². The SMILES string of the molecule is CCCc1ccc(CCC(=O)O[C@H]2CC[C@H](C(=O)Oc3ccc(OC(=O)[C@H]4CC[C@H](OC(=O)CCc5ccc(CCC)cc5)CC4)c4c(C)cc(-c5ccccc5)nc34)CC2)cc1. The van der Waals surface area contributed by atoms with E-state index in [2.05, 4.69) is 62.4 Å². The van der Waals surface area contributed by atoms with Gasteiger partial charge in [0.2, 0.25) is 0 Å². The number of aromatic nitrogens is 1. The molecular formula is C54H61NO8. The van der Waals surface area contributed by atoms with Crippen molar-refractivity contribution in [1.29, 1.82) is 0 Å². The van der Waals surface area contributed by atoms with Crippen LogP contribution in [0.15, 0.2) is 97.1 Å². The largest absolute Gasteiger partial charge is 0.462 e. The number of carbonyl (C=O) groups excluding carboxylic acids is 4. The molecule has 9 nitrogen and oxygen atoms in total. The number of benzene rings is 4. The van der Waals surface area contributed by atoms with Gasteiger partial charge in [-0.2, -0.15) is 0 Å². The number of aryl methyl sites for hydroxylation is 5. The fourth-order valence-corrected chi connectivity index (χ4v) is 8.92. The van der Waals surface area contributed by atoms with Crippen LogP contribution in [-0.2, 0) is 54.3 Å². The summed E-state index contributed by atoms with van der Waals surface area (Å²) in [5, 5.41) is 0.600. The molecule has 2 saturated carbocycles. The van der Waals surface area contributed by atoms with E-state index in [0.717, 1.165) is 47.9 Å². The summed E-state index contributed by atoms with van der Waals surface area (Å²) in [6.07, 6.45) is 10.3. The van der Waals surface area contributed by atoms with Crippen molar-refractivity contribution in [2.75, 3.05) is 0 Å². The fraction of sp³-hybridized carbons (Fsp3) is 0.426. The van der Waals surface area contributed by atoms with Gasteiger partial charge in [0.05, 0.1) is 17.5 Å². The molecule has 0 bridgehead atoms. The van der Waals surface area contributed by atoms with E-state index in [4.69, 9.17) is 23.9 Å². The molecule has 5 aromatic rings. The molecule has 2 fully saturated rings. The monoisotopic (exact) mass is 851 g/mol. The summed E-state index contributed by atoms with van der Waals surface area (Å²) < 4.78 is 23.9. The molecule has 63 heavy (non-hydrogen) atoms. The molecule has 330 valence electrons. The molecule has 0 aliphatic heterocycles. The Morgan fingerprint density at radius 2 is 0.968 bits per heavy atom. The lowest BCUT2D eigenvalue weighted by Crippen LogP contribution is -2.30. The summed E-state index contributed by atoms with van der Waals surface area (Å²) in [7, 11) is 0. The summed E-state index contributed by atoms with van der Waals surface area (Å²) in [5.41, 5.74) is 7.70. The third-order valence-electron chi connectivity index (χ3n) is 12.5. The quantitative estimate of drug-likeness (QED) is 0.0665. The van der Waals surface area contributed by atoms with Crippen molar-refractivity contribution < 1.29 is 38.1 Å². The van der Waals surface area contributed by atoms with Crippen LogP contribution in [-0.4, -0.2) is 41.1 Å². The van der Waals surface area contributed by atoms with E-state index < -0.39 is 0 Å². The summed E-state index contributed by atoms with van der Waals surface area (Å²) in [6, 6.07) is 31.9. The molecule has 9 heteroatoms. The second-order valence-electron chi connectivity index (χ2n) is 17.4. The summed E-state index contributed by atoms with van der Waals surface area (Å²) in [5.74, 6) is -1.19. The normalized spacial score (nSPS) is 18.7. The van der Waals surface area contributed by atoms with Crippen LogP contribution in [0.3, 0.4) is 0 Å². The highest BCUT2D eigenvalue weighted by Gasteiger charge is 2.32. The van der Waals surface area contributed by atoms with Crippen LogP contribution in [0.4, 0.5) is 0 Å². The van der Waals surface area contributed by atoms with Crippen molar-refractivity contribution in [2.24, 2.45) is 11.8 Å².